The zero-order valence-electron chi connectivity index (χ0n) is 16.5. The molecule has 0 saturated carbocycles. The highest BCUT2D eigenvalue weighted by molar-refractivity contribution is 6.33. The molecule has 0 aliphatic carbocycles. The van der Waals surface area contributed by atoms with E-state index in [1.54, 1.807) is 36.4 Å². The molecule has 0 atom stereocenters. The second kappa shape index (κ2) is 9.40. The molecule has 0 aromatic heterocycles. The molecule has 8 heteroatoms. The smallest absolute Gasteiger partial charge is 0.251 e. The third-order valence-electron chi connectivity index (χ3n) is 4.62. The lowest BCUT2D eigenvalue weighted by Gasteiger charge is -2.11. The summed E-state index contributed by atoms with van der Waals surface area (Å²) in [6, 6.07) is 20.0. The molecule has 0 fully saturated rings. The maximum absolute atomic E-state index is 12.3. The van der Waals surface area contributed by atoms with Crippen LogP contribution in [0.15, 0.2) is 66.7 Å². The largest absolute Gasteiger partial charge is 0.454 e. The Hall–Kier alpha value is -3.71. The van der Waals surface area contributed by atoms with Gasteiger partial charge in [-0.1, -0.05) is 41.9 Å². The summed E-state index contributed by atoms with van der Waals surface area (Å²) in [6.45, 7) is 0.586. The third kappa shape index (κ3) is 5.26. The molecule has 3 aromatic rings. The van der Waals surface area contributed by atoms with Gasteiger partial charge in [0.15, 0.2) is 11.5 Å². The average molecular weight is 438 g/mol. The van der Waals surface area contributed by atoms with Crippen molar-refractivity contribution in [1.29, 1.82) is 0 Å². The van der Waals surface area contributed by atoms with Crippen LogP contribution in [0.1, 0.15) is 15.9 Å². The van der Waals surface area contributed by atoms with E-state index < -0.39 is 0 Å². The lowest BCUT2D eigenvalue weighted by Crippen LogP contribution is -2.32. The molecule has 1 aliphatic heterocycles. The molecule has 3 aromatic carbocycles. The van der Waals surface area contributed by atoms with Crippen LogP contribution in [-0.2, 0) is 11.3 Å². The SMILES string of the molecule is O=C(CNC(=O)c1ccc2c(c1)OCO2)Nc1ccc(NCc2ccccc2)c(Cl)c1. The fourth-order valence-electron chi connectivity index (χ4n) is 3.03. The monoisotopic (exact) mass is 437 g/mol. The van der Waals surface area contributed by atoms with Crippen molar-refractivity contribution < 1.29 is 19.1 Å². The number of benzene rings is 3. The molecule has 0 bridgehead atoms. The van der Waals surface area contributed by atoms with E-state index in [1.165, 1.54) is 0 Å². The number of carbonyl (C=O) groups is 2. The van der Waals surface area contributed by atoms with E-state index in [4.69, 9.17) is 21.1 Å². The Morgan fingerprint density at radius 3 is 2.55 bits per heavy atom. The number of anilines is 2. The summed E-state index contributed by atoms with van der Waals surface area (Å²) in [7, 11) is 0. The number of hydrogen-bond acceptors (Lipinski definition) is 5. The van der Waals surface area contributed by atoms with E-state index in [9.17, 15) is 9.59 Å². The van der Waals surface area contributed by atoms with E-state index in [2.05, 4.69) is 16.0 Å². The second-order valence-corrected chi connectivity index (χ2v) is 7.24. The van der Waals surface area contributed by atoms with Gasteiger partial charge in [0.1, 0.15) is 0 Å². The molecule has 3 N–H and O–H groups in total. The van der Waals surface area contributed by atoms with Gasteiger partial charge >= 0.3 is 0 Å². The minimum Gasteiger partial charge on any atom is -0.454 e. The van der Waals surface area contributed by atoms with Gasteiger partial charge in [-0.05, 0) is 42.0 Å². The highest BCUT2D eigenvalue weighted by Gasteiger charge is 2.16. The summed E-state index contributed by atoms with van der Waals surface area (Å²) in [5, 5.41) is 9.05. The van der Waals surface area contributed by atoms with Crippen molar-refractivity contribution in [2.45, 2.75) is 6.54 Å². The minimum atomic E-state index is -0.382. The van der Waals surface area contributed by atoms with Crippen LogP contribution in [0.3, 0.4) is 0 Å². The predicted octanol–water partition coefficient (Wildman–Crippen LogP) is 4.05. The van der Waals surface area contributed by atoms with Gasteiger partial charge in [0.05, 0.1) is 17.3 Å². The maximum Gasteiger partial charge on any atom is 0.251 e. The first-order chi connectivity index (χ1) is 15.1. The first-order valence-electron chi connectivity index (χ1n) is 9.63. The summed E-state index contributed by atoms with van der Waals surface area (Å²) in [4.78, 5) is 24.5. The van der Waals surface area contributed by atoms with Crippen molar-refractivity contribution in [1.82, 2.24) is 5.32 Å². The molecular formula is C23H20ClN3O4. The van der Waals surface area contributed by atoms with Gasteiger partial charge in [0, 0.05) is 17.8 Å². The van der Waals surface area contributed by atoms with E-state index in [0.717, 1.165) is 11.3 Å². The van der Waals surface area contributed by atoms with Crippen molar-refractivity contribution in [3.8, 4) is 11.5 Å². The summed E-state index contributed by atoms with van der Waals surface area (Å²) in [6.07, 6.45) is 0. The minimum absolute atomic E-state index is 0.131. The van der Waals surface area contributed by atoms with Gasteiger partial charge in [-0.15, -0.1) is 0 Å². The standard InChI is InChI=1S/C23H20ClN3O4/c24-18-11-17(7-8-19(18)25-12-15-4-2-1-3-5-15)27-22(28)13-26-23(29)16-6-9-20-21(10-16)31-14-30-20/h1-11,25H,12-14H2,(H,26,29)(H,27,28). The number of halogens is 1. The normalized spacial score (nSPS) is 11.6. The van der Waals surface area contributed by atoms with Crippen LogP contribution in [0.4, 0.5) is 11.4 Å². The number of amides is 2. The number of ether oxygens (including phenoxy) is 2. The molecule has 158 valence electrons. The lowest BCUT2D eigenvalue weighted by molar-refractivity contribution is -0.115. The third-order valence-corrected chi connectivity index (χ3v) is 4.94. The van der Waals surface area contributed by atoms with Crippen LogP contribution in [0, 0.1) is 0 Å². The van der Waals surface area contributed by atoms with E-state index in [1.807, 2.05) is 30.3 Å². The molecule has 2 amide bonds. The Morgan fingerprint density at radius 2 is 1.74 bits per heavy atom. The zero-order chi connectivity index (χ0) is 21.6. The Kier molecular flexibility index (Phi) is 6.24. The topological polar surface area (TPSA) is 88.7 Å². The van der Waals surface area contributed by atoms with Crippen LogP contribution in [0.25, 0.3) is 0 Å². The summed E-state index contributed by atoms with van der Waals surface area (Å²) in [5.41, 5.74) is 2.82. The van der Waals surface area contributed by atoms with Gasteiger partial charge < -0.3 is 25.4 Å². The number of carbonyl (C=O) groups excluding carboxylic acids is 2. The van der Waals surface area contributed by atoms with Crippen LogP contribution in [0.2, 0.25) is 5.02 Å². The lowest BCUT2D eigenvalue weighted by atomic mass is 10.2. The van der Waals surface area contributed by atoms with Crippen LogP contribution >= 0.6 is 11.6 Å². The van der Waals surface area contributed by atoms with Crippen molar-refractivity contribution in [2.24, 2.45) is 0 Å². The zero-order valence-corrected chi connectivity index (χ0v) is 17.2. The molecule has 1 aliphatic rings. The molecule has 0 radical (unpaired) electrons. The van der Waals surface area contributed by atoms with Crippen molar-refractivity contribution >= 4 is 34.8 Å². The number of rotatable bonds is 7. The quantitative estimate of drug-likeness (QED) is 0.519. The fourth-order valence-corrected chi connectivity index (χ4v) is 3.28. The highest BCUT2D eigenvalue weighted by Crippen LogP contribution is 2.32. The first kappa shape index (κ1) is 20.6. The van der Waals surface area contributed by atoms with Crippen LogP contribution < -0.4 is 25.4 Å². The molecule has 0 spiro atoms. The predicted molar refractivity (Wildman–Crippen MR) is 119 cm³/mol. The molecular weight excluding hydrogens is 418 g/mol. The van der Waals surface area contributed by atoms with Crippen LogP contribution in [-0.4, -0.2) is 25.2 Å². The average Bonchev–Trinajstić information content (AvgIpc) is 3.25. The van der Waals surface area contributed by atoms with Gasteiger partial charge in [-0.25, -0.2) is 0 Å². The molecule has 0 saturated heterocycles. The summed E-state index contributed by atoms with van der Waals surface area (Å²) < 4.78 is 10.5. The number of nitrogens with one attached hydrogen (secondary N) is 3. The van der Waals surface area contributed by atoms with Gasteiger partial charge in [0.2, 0.25) is 12.7 Å². The maximum atomic E-state index is 12.3. The Morgan fingerprint density at radius 1 is 0.935 bits per heavy atom. The summed E-state index contributed by atoms with van der Waals surface area (Å²) >= 11 is 6.33. The number of hydrogen-bond donors (Lipinski definition) is 3. The van der Waals surface area contributed by atoms with Crippen molar-refractivity contribution in [3.05, 3.63) is 82.9 Å². The molecule has 4 rings (SSSR count). The first-order valence-corrected chi connectivity index (χ1v) is 10.0. The van der Waals surface area contributed by atoms with E-state index in [-0.39, 0.29) is 25.2 Å². The fraction of sp³-hybridized carbons (Fsp3) is 0.130. The second-order valence-electron chi connectivity index (χ2n) is 6.83. The van der Waals surface area contributed by atoms with Crippen LogP contribution in [0.5, 0.6) is 11.5 Å². The van der Waals surface area contributed by atoms with Gasteiger partial charge in [-0.2, -0.15) is 0 Å². The molecule has 1 heterocycles. The van der Waals surface area contributed by atoms with Crippen molar-refractivity contribution in [3.63, 3.8) is 0 Å². The van der Waals surface area contributed by atoms with Crippen molar-refractivity contribution in [2.75, 3.05) is 24.0 Å². The molecule has 7 nitrogen and oxygen atoms in total. The van der Waals surface area contributed by atoms with Gasteiger partial charge in [-0.3, -0.25) is 9.59 Å². The van der Waals surface area contributed by atoms with E-state index >= 15 is 0 Å². The Balaban J connectivity index is 1.28. The van der Waals surface area contributed by atoms with Gasteiger partial charge in [0.25, 0.3) is 5.91 Å². The van der Waals surface area contributed by atoms with E-state index in [0.29, 0.717) is 34.3 Å². The molecule has 31 heavy (non-hydrogen) atoms. The number of fused-ring (bicyclic) bond motifs is 1. The highest BCUT2D eigenvalue weighted by atomic mass is 35.5. The molecule has 0 unspecified atom stereocenters. The Labute approximate surface area is 184 Å². The summed E-state index contributed by atoms with van der Waals surface area (Å²) in [5.74, 6) is 0.350. The Bertz CT molecular complexity index is 1110.